The minimum atomic E-state index is -0.356. The van der Waals surface area contributed by atoms with Crippen LogP contribution < -0.4 is 5.32 Å². The van der Waals surface area contributed by atoms with Crippen LogP contribution >= 0.6 is 0 Å². The molecule has 5 heteroatoms. The third-order valence-corrected chi connectivity index (χ3v) is 2.87. The van der Waals surface area contributed by atoms with E-state index in [4.69, 9.17) is 0 Å². The number of nitrogens with one attached hydrogen (secondary N) is 1. The minimum absolute atomic E-state index is 0.0634. The van der Waals surface area contributed by atoms with E-state index in [1.165, 1.54) is 7.11 Å². The molecule has 1 amide bonds. The van der Waals surface area contributed by atoms with Gasteiger partial charge >= 0.3 is 5.97 Å². The first-order valence-corrected chi connectivity index (χ1v) is 5.13. The Kier molecular flexibility index (Phi) is 2.68. The molecule has 1 aliphatic rings. The molecule has 1 unspecified atom stereocenters. The fourth-order valence-electron chi connectivity index (χ4n) is 1.96. The molecule has 1 aromatic rings. The van der Waals surface area contributed by atoms with Crippen LogP contribution in [-0.2, 0) is 16.6 Å². The first kappa shape index (κ1) is 10.7. The fourth-order valence-corrected chi connectivity index (χ4v) is 1.96. The zero-order valence-electron chi connectivity index (χ0n) is 9.32. The zero-order valence-corrected chi connectivity index (χ0v) is 9.32. The van der Waals surface area contributed by atoms with Crippen LogP contribution in [0, 0.1) is 0 Å². The number of nitrogens with zero attached hydrogens (tertiary/aromatic N) is 1. The van der Waals surface area contributed by atoms with Gasteiger partial charge in [0.1, 0.15) is 5.69 Å². The maximum Gasteiger partial charge on any atom is 0.354 e. The third kappa shape index (κ3) is 1.80. The number of hydrogen-bond acceptors (Lipinski definition) is 3. The van der Waals surface area contributed by atoms with Crippen LogP contribution in [0.3, 0.4) is 0 Å². The number of methoxy groups -OCH3 is 1. The molecule has 1 atom stereocenters. The number of carbonyl (C=O) groups excluding carboxylic acids is 2. The highest BCUT2D eigenvalue weighted by atomic mass is 16.5. The van der Waals surface area contributed by atoms with E-state index >= 15 is 0 Å². The van der Waals surface area contributed by atoms with Gasteiger partial charge in [0.15, 0.2) is 0 Å². The first-order chi connectivity index (χ1) is 7.61. The summed E-state index contributed by atoms with van der Waals surface area (Å²) in [6, 6.07) is 1.79. The Hall–Kier alpha value is -1.78. The van der Waals surface area contributed by atoms with Gasteiger partial charge < -0.3 is 14.6 Å². The van der Waals surface area contributed by atoms with Gasteiger partial charge in [-0.15, -0.1) is 0 Å². The summed E-state index contributed by atoms with van der Waals surface area (Å²) < 4.78 is 6.40. The Bertz CT molecular complexity index is 436. The van der Waals surface area contributed by atoms with Crippen molar-refractivity contribution < 1.29 is 14.3 Å². The summed E-state index contributed by atoms with van der Waals surface area (Å²) in [5, 5.41) is 2.78. The van der Waals surface area contributed by atoms with E-state index < -0.39 is 0 Å². The number of rotatable bonds is 2. The van der Waals surface area contributed by atoms with Gasteiger partial charge in [-0.2, -0.15) is 0 Å². The highest BCUT2D eigenvalue weighted by molar-refractivity contribution is 5.88. The molecule has 0 saturated carbocycles. The highest BCUT2D eigenvalue weighted by Gasteiger charge is 2.25. The van der Waals surface area contributed by atoms with E-state index in [0.29, 0.717) is 18.7 Å². The number of amides is 1. The van der Waals surface area contributed by atoms with Crippen LogP contribution in [0.4, 0.5) is 0 Å². The van der Waals surface area contributed by atoms with Crippen LogP contribution in [0.2, 0.25) is 0 Å². The number of carbonyl (C=O) groups is 2. The molecular weight excluding hydrogens is 208 g/mol. The van der Waals surface area contributed by atoms with Crippen LogP contribution in [0.15, 0.2) is 12.3 Å². The zero-order chi connectivity index (χ0) is 11.7. The predicted molar refractivity (Wildman–Crippen MR) is 57.1 cm³/mol. The van der Waals surface area contributed by atoms with Crippen molar-refractivity contribution in [3.8, 4) is 0 Å². The summed E-state index contributed by atoms with van der Waals surface area (Å²) in [7, 11) is 3.15. The number of esters is 1. The Morgan fingerprint density at radius 1 is 1.62 bits per heavy atom. The molecule has 0 bridgehead atoms. The first-order valence-electron chi connectivity index (χ1n) is 5.13. The quantitative estimate of drug-likeness (QED) is 0.737. The summed E-state index contributed by atoms with van der Waals surface area (Å²) in [5.41, 5.74) is 1.51. The lowest BCUT2D eigenvalue weighted by Crippen LogP contribution is -2.13. The maximum atomic E-state index is 11.4. The topological polar surface area (TPSA) is 60.3 Å². The predicted octanol–water partition coefficient (Wildman–Crippen LogP) is 0.415. The van der Waals surface area contributed by atoms with Crippen molar-refractivity contribution >= 4 is 11.9 Å². The van der Waals surface area contributed by atoms with Crippen LogP contribution in [0.1, 0.15) is 28.4 Å². The molecule has 1 fully saturated rings. The van der Waals surface area contributed by atoms with Crippen LogP contribution in [-0.4, -0.2) is 30.1 Å². The molecule has 16 heavy (non-hydrogen) atoms. The largest absolute Gasteiger partial charge is 0.464 e. The van der Waals surface area contributed by atoms with Gasteiger partial charge in [0.2, 0.25) is 5.91 Å². The van der Waals surface area contributed by atoms with Crippen LogP contribution in [0.5, 0.6) is 0 Å². The van der Waals surface area contributed by atoms with Crippen molar-refractivity contribution in [2.75, 3.05) is 13.7 Å². The van der Waals surface area contributed by atoms with Crippen molar-refractivity contribution in [2.24, 2.45) is 7.05 Å². The molecule has 86 valence electrons. The molecule has 2 rings (SSSR count). The SMILES string of the molecule is COC(=O)c1cc(C2CNC(=O)C2)cn1C. The lowest BCUT2D eigenvalue weighted by Gasteiger charge is -2.01. The number of ether oxygens (including phenoxy) is 1. The summed E-state index contributed by atoms with van der Waals surface area (Å²) in [5.74, 6) is -0.128. The summed E-state index contributed by atoms with van der Waals surface area (Å²) >= 11 is 0. The number of aromatic nitrogens is 1. The van der Waals surface area contributed by atoms with Gasteiger partial charge in [-0.05, 0) is 11.6 Å². The van der Waals surface area contributed by atoms with Gasteiger partial charge in [0.05, 0.1) is 7.11 Å². The number of hydrogen-bond donors (Lipinski definition) is 1. The van der Waals surface area contributed by atoms with E-state index in [9.17, 15) is 9.59 Å². The molecule has 1 N–H and O–H groups in total. The van der Waals surface area contributed by atoms with Crippen LogP contribution in [0.25, 0.3) is 0 Å². The normalized spacial score (nSPS) is 19.6. The molecule has 1 aromatic heterocycles. The third-order valence-electron chi connectivity index (χ3n) is 2.87. The van der Waals surface area contributed by atoms with E-state index in [2.05, 4.69) is 10.1 Å². The molecule has 0 spiro atoms. The van der Waals surface area contributed by atoms with Crippen molar-refractivity contribution in [3.63, 3.8) is 0 Å². The molecule has 2 heterocycles. The van der Waals surface area contributed by atoms with E-state index in [-0.39, 0.29) is 17.8 Å². The van der Waals surface area contributed by atoms with E-state index in [1.807, 2.05) is 6.20 Å². The van der Waals surface area contributed by atoms with E-state index in [1.54, 1.807) is 17.7 Å². The summed E-state index contributed by atoms with van der Waals surface area (Å²) in [6.07, 6.45) is 2.36. The Morgan fingerprint density at radius 3 is 2.94 bits per heavy atom. The average Bonchev–Trinajstić information content (AvgIpc) is 2.83. The molecule has 1 saturated heterocycles. The fraction of sp³-hybridized carbons (Fsp3) is 0.455. The van der Waals surface area contributed by atoms with Gasteiger partial charge in [0.25, 0.3) is 0 Å². The van der Waals surface area contributed by atoms with Crippen molar-refractivity contribution in [2.45, 2.75) is 12.3 Å². The molecular formula is C11H14N2O3. The molecule has 1 aliphatic heterocycles. The standard InChI is InChI=1S/C11H14N2O3/c1-13-6-8(3-9(13)11(15)16-2)7-4-10(14)12-5-7/h3,6-7H,4-5H2,1-2H3,(H,12,14). The highest BCUT2D eigenvalue weighted by Crippen LogP contribution is 2.24. The average molecular weight is 222 g/mol. The summed E-state index contributed by atoms with van der Waals surface area (Å²) in [4.78, 5) is 22.5. The lowest BCUT2D eigenvalue weighted by atomic mass is 10.0. The Balaban J connectivity index is 2.24. The maximum absolute atomic E-state index is 11.4. The molecule has 0 aromatic carbocycles. The molecule has 0 radical (unpaired) electrons. The second-order valence-corrected chi connectivity index (χ2v) is 3.97. The van der Waals surface area contributed by atoms with Gasteiger partial charge in [-0.1, -0.05) is 0 Å². The monoisotopic (exact) mass is 222 g/mol. The Labute approximate surface area is 93.4 Å². The van der Waals surface area contributed by atoms with Gasteiger partial charge in [-0.3, -0.25) is 4.79 Å². The van der Waals surface area contributed by atoms with E-state index in [0.717, 1.165) is 5.56 Å². The second kappa shape index (κ2) is 4.00. The van der Waals surface area contributed by atoms with Crippen molar-refractivity contribution in [1.29, 1.82) is 0 Å². The second-order valence-electron chi connectivity index (χ2n) is 3.97. The molecule has 5 nitrogen and oxygen atoms in total. The van der Waals surface area contributed by atoms with Gasteiger partial charge in [0, 0.05) is 32.1 Å². The van der Waals surface area contributed by atoms with Crippen molar-refractivity contribution in [3.05, 3.63) is 23.5 Å². The molecule has 0 aliphatic carbocycles. The Morgan fingerprint density at radius 2 is 2.38 bits per heavy atom. The smallest absolute Gasteiger partial charge is 0.354 e. The number of aryl methyl sites for hydroxylation is 1. The minimum Gasteiger partial charge on any atom is -0.464 e. The van der Waals surface area contributed by atoms with Gasteiger partial charge in [-0.25, -0.2) is 4.79 Å². The lowest BCUT2D eigenvalue weighted by molar-refractivity contribution is -0.119. The van der Waals surface area contributed by atoms with Crippen molar-refractivity contribution in [1.82, 2.24) is 9.88 Å². The summed E-state index contributed by atoms with van der Waals surface area (Å²) in [6.45, 7) is 0.642.